The third-order valence-electron chi connectivity index (χ3n) is 3.38. The van der Waals surface area contributed by atoms with Gasteiger partial charge in [0.1, 0.15) is 5.82 Å². The first-order valence-electron chi connectivity index (χ1n) is 6.22. The number of aromatic nitrogens is 2. The molecule has 0 fully saturated rings. The smallest absolute Gasteiger partial charge is 0.254 e. The molecule has 5 heteroatoms. The molecule has 19 heavy (non-hydrogen) atoms. The number of H-pyrrole nitrogens is 1. The predicted molar refractivity (Wildman–Crippen MR) is 77.0 cm³/mol. The maximum atomic E-state index is 12.1. The normalized spacial score (nSPS) is 14.2. The molecule has 0 bridgehead atoms. The lowest BCUT2D eigenvalue weighted by Crippen LogP contribution is -2.21. The highest BCUT2D eigenvalue weighted by Gasteiger charge is 2.17. The zero-order chi connectivity index (χ0) is 13.4. The third kappa shape index (κ3) is 2.40. The lowest BCUT2D eigenvalue weighted by Gasteiger charge is -2.15. The Morgan fingerprint density at radius 3 is 2.79 bits per heavy atom. The number of aromatic amines is 1. The van der Waals surface area contributed by atoms with Gasteiger partial charge in [0.05, 0.1) is 10.7 Å². The van der Waals surface area contributed by atoms with Crippen LogP contribution in [0.25, 0.3) is 11.4 Å². The van der Waals surface area contributed by atoms with Gasteiger partial charge >= 0.3 is 0 Å². The summed E-state index contributed by atoms with van der Waals surface area (Å²) >= 11 is 12.1. The second kappa shape index (κ2) is 4.99. The molecule has 0 unspecified atom stereocenters. The number of aryl methyl sites for hydroxylation is 1. The molecule has 0 atom stereocenters. The van der Waals surface area contributed by atoms with E-state index in [2.05, 4.69) is 9.97 Å². The first kappa shape index (κ1) is 12.7. The third-order valence-corrected chi connectivity index (χ3v) is 3.94. The van der Waals surface area contributed by atoms with Crippen molar-refractivity contribution < 1.29 is 0 Å². The maximum Gasteiger partial charge on any atom is 0.254 e. The summed E-state index contributed by atoms with van der Waals surface area (Å²) in [5.74, 6) is 0.498. The molecular formula is C14H12Cl2N2O. The van der Waals surface area contributed by atoms with E-state index >= 15 is 0 Å². The number of nitrogens with one attached hydrogen (secondary N) is 1. The van der Waals surface area contributed by atoms with Gasteiger partial charge in [-0.25, -0.2) is 4.98 Å². The number of hydrogen-bond donors (Lipinski definition) is 1. The molecule has 98 valence electrons. The summed E-state index contributed by atoms with van der Waals surface area (Å²) in [5.41, 5.74) is 2.31. The fraction of sp³-hybridized carbons (Fsp3) is 0.286. The van der Waals surface area contributed by atoms with E-state index < -0.39 is 0 Å². The Balaban J connectivity index is 2.18. The van der Waals surface area contributed by atoms with Crippen LogP contribution in [0.3, 0.4) is 0 Å². The summed E-state index contributed by atoms with van der Waals surface area (Å²) in [6.45, 7) is 0. The van der Waals surface area contributed by atoms with Gasteiger partial charge in [0.25, 0.3) is 5.56 Å². The molecule has 0 aliphatic heterocycles. The van der Waals surface area contributed by atoms with Gasteiger partial charge in [0, 0.05) is 16.1 Å². The molecule has 0 saturated carbocycles. The van der Waals surface area contributed by atoms with Gasteiger partial charge < -0.3 is 4.98 Å². The number of fused-ring (bicyclic) bond motifs is 1. The van der Waals surface area contributed by atoms with Crippen LogP contribution in [0.1, 0.15) is 24.1 Å². The Hall–Kier alpha value is -1.32. The van der Waals surface area contributed by atoms with Crippen LogP contribution in [0.15, 0.2) is 23.0 Å². The average Bonchev–Trinajstić information content (AvgIpc) is 2.41. The molecule has 3 nitrogen and oxygen atoms in total. The van der Waals surface area contributed by atoms with Crippen molar-refractivity contribution in [2.24, 2.45) is 0 Å². The number of nitrogens with zero attached hydrogens (tertiary/aromatic N) is 1. The first-order valence-corrected chi connectivity index (χ1v) is 6.98. The zero-order valence-electron chi connectivity index (χ0n) is 10.2. The van der Waals surface area contributed by atoms with Gasteiger partial charge in [-0.3, -0.25) is 4.79 Å². The summed E-state index contributed by atoms with van der Waals surface area (Å²) in [4.78, 5) is 19.4. The Morgan fingerprint density at radius 2 is 1.95 bits per heavy atom. The van der Waals surface area contributed by atoms with Crippen molar-refractivity contribution in [1.82, 2.24) is 9.97 Å². The van der Waals surface area contributed by atoms with Gasteiger partial charge in [-0.2, -0.15) is 0 Å². The van der Waals surface area contributed by atoms with Crippen molar-refractivity contribution in [2.75, 3.05) is 0 Å². The fourth-order valence-electron chi connectivity index (χ4n) is 2.41. The Labute approximate surface area is 120 Å². The van der Waals surface area contributed by atoms with Gasteiger partial charge in [-0.1, -0.05) is 23.2 Å². The molecule has 1 heterocycles. The molecule has 0 spiro atoms. The minimum absolute atomic E-state index is 0.0595. The highest BCUT2D eigenvalue weighted by Crippen LogP contribution is 2.28. The van der Waals surface area contributed by atoms with Crippen LogP contribution in [0.2, 0.25) is 10.0 Å². The van der Waals surface area contributed by atoms with Crippen LogP contribution in [-0.4, -0.2) is 9.97 Å². The molecule has 1 aromatic carbocycles. The standard InChI is InChI=1S/C14H12Cl2N2O/c15-8-5-6-11(16)10(7-8)13-17-12-4-2-1-3-9(12)14(19)18-13/h5-7H,1-4H2,(H,17,18,19). The summed E-state index contributed by atoms with van der Waals surface area (Å²) in [6, 6.07) is 5.14. The summed E-state index contributed by atoms with van der Waals surface area (Å²) in [6.07, 6.45) is 3.78. The Morgan fingerprint density at radius 1 is 1.16 bits per heavy atom. The molecule has 0 radical (unpaired) electrons. The minimum Gasteiger partial charge on any atom is -0.306 e. The predicted octanol–water partition coefficient (Wildman–Crippen LogP) is 3.62. The first-order chi connectivity index (χ1) is 9.15. The van der Waals surface area contributed by atoms with Crippen LogP contribution in [0.5, 0.6) is 0 Å². The van der Waals surface area contributed by atoms with Crippen LogP contribution < -0.4 is 5.56 Å². The van der Waals surface area contributed by atoms with E-state index in [4.69, 9.17) is 23.2 Å². The lowest BCUT2D eigenvalue weighted by atomic mass is 9.97. The Kier molecular flexibility index (Phi) is 3.33. The lowest BCUT2D eigenvalue weighted by molar-refractivity contribution is 0.657. The molecule has 0 amide bonds. The van der Waals surface area contributed by atoms with E-state index in [-0.39, 0.29) is 5.56 Å². The van der Waals surface area contributed by atoms with Crippen molar-refractivity contribution in [3.8, 4) is 11.4 Å². The summed E-state index contributed by atoms with van der Waals surface area (Å²) in [7, 11) is 0. The monoisotopic (exact) mass is 294 g/mol. The second-order valence-electron chi connectivity index (χ2n) is 4.67. The molecule has 3 rings (SSSR count). The second-order valence-corrected chi connectivity index (χ2v) is 5.51. The Bertz CT molecular complexity index is 694. The zero-order valence-corrected chi connectivity index (χ0v) is 11.7. The van der Waals surface area contributed by atoms with Crippen LogP contribution in [0, 0.1) is 0 Å². The van der Waals surface area contributed by atoms with Crippen LogP contribution >= 0.6 is 23.2 Å². The van der Waals surface area contributed by atoms with Crippen molar-refractivity contribution in [3.05, 3.63) is 49.9 Å². The van der Waals surface area contributed by atoms with E-state index in [0.717, 1.165) is 36.9 Å². The number of rotatable bonds is 1. The topological polar surface area (TPSA) is 45.8 Å². The van der Waals surface area contributed by atoms with Crippen LogP contribution in [-0.2, 0) is 12.8 Å². The van der Waals surface area contributed by atoms with Crippen molar-refractivity contribution in [3.63, 3.8) is 0 Å². The molecule has 1 aliphatic carbocycles. The molecule has 2 aromatic rings. The van der Waals surface area contributed by atoms with E-state index in [1.807, 2.05) is 0 Å². The van der Waals surface area contributed by atoms with Crippen LogP contribution in [0.4, 0.5) is 0 Å². The van der Waals surface area contributed by atoms with Crippen molar-refractivity contribution in [2.45, 2.75) is 25.7 Å². The number of benzene rings is 1. The maximum absolute atomic E-state index is 12.1. The minimum atomic E-state index is -0.0595. The van der Waals surface area contributed by atoms with E-state index in [0.29, 0.717) is 21.4 Å². The molecule has 1 N–H and O–H groups in total. The van der Waals surface area contributed by atoms with Crippen molar-refractivity contribution >= 4 is 23.2 Å². The summed E-state index contributed by atoms with van der Waals surface area (Å²) in [5, 5.41) is 1.10. The molecular weight excluding hydrogens is 283 g/mol. The SMILES string of the molecule is O=c1[nH]c(-c2cc(Cl)ccc2Cl)nc2c1CCCC2. The van der Waals surface area contributed by atoms with Crippen molar-refractivity contribution in [1.29, 1.82) is 0 Å². The number of halogens is 2. The molecule has 1 aromatic heterocycles. The van der Waals surface area contributed by atoms with Gasteiger partial charge in [0.15, 0.2) is 0 Å². The quantitative estimate of drug-likeness (QED) is 0.873. The largest absolute Gasteiger partial charge is 0.306 e. The molecule has 0 saturated heterocycles. The highest BCUT2D eigenvalue weighted by atomic mass is 35.5. The van der Waals surface area contributed by atoms with Gasteiger partial charge in [-0.05, 0) is 43.9 Å². The highest BCUT2D eigenvalue weighted by molar-refractivity contribution is 6.35. The van der Waals surface area contributed by atoms with E-state index in [9.17, 15) is 4.79 Å². The number of hydrogen-bond acceptors (Lipinski definition) is 2. The van der Waals surface area contributed by atoms with Gasteiger partial charge in [0.2, 0.25) is 0 Å². The van der Waals surface area contributed by atoms with Gasteiger partial charge in [-0.15, -0.1) is 0 Å². The van der Waals surface area contributed by atoms with E-state index in [1.165, 1.54) is 0 Å². The van der Waals surface area contributed by atoms with E-state index in [1.54, 1.807) is 18.2 Å². The summed E-state index contributed by atoms with van der Waals surface area (Å²) < 4.78 is 0. The average molecular weight is 295 g/mol. The fourth-order valence-corrected chi connectivity index (χ4v) is 2.79. The molecule has 1 aliphatic rings.